The van der Waals surface area contributed by atoms with E-state index in [0.717, 1.165) is 20.5 Å². The lowest BCUT2D eigenvalue weighted by Gasteiger charge is -1.92. The molecule has 0 fully saturated rings. The Bertz CT molecular complexity index is 917. The van der Waals surface area contributed by atoms with E-state index in [2.05, 4.69) is 15.2 Å². The zero-order chi connectivity index (χ0) is 14.2. The first-order chi connectivity index (χ1) is 10.3. The molecule has 4 aromatic rings. The van der Waals surface area contributed by atoms with Crippen molar-refractivity contribution in [2.75, 3.05) is 0 Å². The lowest BCUT2D eigenvalue weighted by molar-refractivity contribution is 0.586. The van der Waals surface area contributed by atoms with E-state index in [-0.39, 0.29) is 0 Å². The van der Waals surface area contributed by atoms with Gasteiger partial charge in [-0.3, -0.25) is 4.98 Å². The van der Waals surface area contributed by atoms with E-state index in [4.69, 9.17) is 16.0 Å². The summed E-state index contributed by atoms with van der Waals surface area (Å²) in [5, 5.41) is 9.82. The van der Waals surface area contributed by atoms with Gasteiger partial charge in [0.2, 0.25) is 5.89 Å². The number of aromatic nitrogens is 3. The topological polar surface area (TPSA) is 51.8 Å². The Morgan fingerprint density at radius 1 is 1.00 bits per heavy atom. The Morgan fingerprint density at radius 3 is 2.67 bits per heavy atom. The third kappa shape index (κ3) is 2.11. The monoisotopic (exact) mass is 313 g/mol. The molecule has 0 radical (unpaired) electrons. The van der Waals surface area contributed by atoms with E-state index in [1.165, 1.54) is 0 Å². The molecule has 0 spiro atoms. The van der Waals surface area contributed by atoms with E-state index in [1.807, 2.05) is 36.4 Å². The first kappa shape index (κ1) is 12.5. The molecule has 1 aromatic carbocycles. The molecule has 6 heteroatoms. The van der Waals surface area contributed by atoms with Gasteiger partial charge in [-0.05, 0) is 18.2 Å². The number of hydrogen-bond acceptors (Lipinski definition) is 5. The van der Waals surface area contributed by atoms with Crippen LogP contribution in [0.25, 0.3) is 32.3 Å². The molecule has 0 saturated heterocycles. The molecular formula is C15H8ClN3OS. The van der Waals surface area contributed by atoms with Crippen LogP contribution in [-0.2, 0) is 0 Å². The van der Waals surface area contributed by atoms with Gasteiger partial charge in [0.25, 0.3) is 5.89 Å². The van der Waals surface area contributed by atoms with Crippen LogP contribution in [-0.4, -0.2) is 15.2 Å². The molecule has 0 saturated carbocycles. The Kier molecular flexibility index (Phi) is 2.94. The number of nitrogens with zero attached hydrogens (tertiary/aromatic N) is 3. The van der Waals surface area contributed by atoms with Gasteiger partial charge in [-0.1, -0.05) is 29.8 Å². The molecular weight excluding hydrogens is 306 g/mol. The Labute approximate surface area is 129 Å². The highest BCUT2D eigenvalue weighted by Crippen LogP contribution is 2.41. The number of rotatable bonds is 2. The van der Waals surface area contributed by atoms with Crippen LogP contribution in [0.15, 0.2) is 53.2 Å². The van der Waals surface area contributed by atoms with Gasteiger partial charge in [0.15, 0.2) is 0 Å². The highest BCUT2D eigenvalue weighted by atomic mass is 35.5. The quantitative estimate of drug-likeness (QED) is 0.540. The lowest BCUT2D eigenvalue weighted by Crippen LogP contribution is -1.78. The van der Waals surface area contributed by atoms with Crippen molar-refractivity contribution in [2.24, 2.45) is 0 Å². The van der Waals surface area contributed by atoms with E-state index in [0.29, 0.717) is 16.8 Å². The first-order valence-electron chi connectivity index (χ1n) is 6.24. The van der Waals surface area contributed by atoms with Crippen molar-refractivity contribution in [3.63, 3.8) is 0 Å². The maximum Gasteiger partial charge on any atom is 0.259 e. The zero-order valence-corrected chi connectivity index (χ0v) is 12.2. The predicted molar refractivity (Wildman–Crippen MR) is 83.4 cm³/mol. The van der Waals surface area contributed by atoms with Gasteiger partial charge in [-0.25, -0.2) is 0 Å². The third-order valence-electron chi connectivity index (χ3n) is 3.06. The molecule has 0 atom stereocenters. The largest absolute Gasteiger partial charge is 0.415 e. The lowest BCUT2D eigenvalue weighted by atomic mass is 10.2. The van der Waals surface area contributed by atoms with Crippen molar-refractivity contribution in [1.82, 2.24) is 15.2 Å². The molecule has 0 aliphatic heterocycles. The summed E-state index contributed by atoms with van der Waals surface area (Å²) in [7, 11) is 0. The van der Waals surface area contributed by atoms with Crippen LogP contribution < -0.4 is 0 Å². The summed E-state index contributed by atoms with van der Waals surface area (Å²) in [6.07, 6.45) is 3.38. The summed E-state index contributed by atoms with van der Waals surface area (Å²) in [6, 6.07) is 11.6. The Morgan fingerprint density at radius 2 is 1.86 bits per heavy atom. The number of hydrogen-bond donors (Lipinski definition) is 0. The van der Waals surface area contributed by atoms with E-state index < -0.39 is 0 Å². The van der Waals surface area contributed by atoms with Crippen LogP contribution in [0.5, 0.6) is 0 Å². The van der Waals surface area contributed by atoms with E-state index in [1.54, 1.807) is 23.7 Å². The van der Waals surface area contributed by atoms with Gasteiger partial charge >= 0.3 is 0 Å². The second-order valence-electron chi connectivity index (χ2n) is 4.40. The van der Waals surface area contributed by atoms with Crippen molar-refractivity contribution in [1.29, 1.82) is 0 Å². The minimum Gasteiger partial charge on any atom is -0.415 e. The molecule has 0 bridgehead atoms. The van der Waals surface area contributed by atoms with Gasteiger partial charge in [0, 0.05) is 22.5 Å². The van der Waals surface area contributed by atoms with Crippen LogP contribution >= 0.6 is 22.9 Å². The summed E-state index contributed by atoms with van der Waals surface area (Å²) >= 11 is 7.96. The van der Waals surface area contributed by atoms with E-state index in [9.17, 15) is 0 Å². The third-order valence-corrected chi connectivity index (χ3v) is 4.73. The fraction of sp³-hybridized carbons (Fsp3) is 0. The molecule has 4 nitrogen and oxygen atoms in total. The van der Waals surface area contributed by atoms with Crippen LogP contribution in [0.4, 0.5) is 0 Å². The highest BCUT2D eigenvalue weighted by molar-refractivity contribution is 7.23. The number of pyridine rings is 1. The average molecular weight is 314 g/mol. The maximum absolute atomic E-state index is 6.42. The van der Waals surface area contributed by atoms with Crippen molar-refractivity contribution in [3.8, 4) is 22.2 Å². The van der Waals surface area contributed by atoms with Crippen LogP contribution in [0, 0.1) is 0 Å². The van der Waals surface area contributed by atoms with Gasteiger partial charge in [0.1, 0.15) is 4.88 Å². The van der Waals surface area contributed by atoms with Crippen LogP contribution in [0.3, 0.4) is 0 Å². The second-order valence-corrected chi connectivity index (χ2v) is 5.83. The number of benzene rings is 1. The summed E-state index contributed by atoms with van der Waals surface area (Å²) in [5.41, 5.74) is 0.786. The molecule has 21 heavy (non-hydrogen) atoms. The van der Waals surface area contributed by atoms with Crippen molar-refractivity contribution in [3.05, 3.63) is 53.8 Å². The number of fused-ring (bicyclic) bond motifs is 1. The molecule has 0 unspecified atom stereocenters. The molecule has 0 amide bonds. The first-order valence-corrected chi connectivity index (χ1v) is 7.43. The summed E-state index contributed by atoms with van der Waals surface area (Å²) < 4.78 is 6.83. The van der Waals surface area contributed by atoms with E-state index >= 15 is 0 Å². The second kappa shape index (κ2) is 4.95. The van der Waals surface area contributed by atoms with Crippen molar-refractivity contribution in [2.45, 2.75) is 0 Å². The Balaban J connectivity index is 1.83. The van der Waals surface area contributed by atoms with Gasteiger partial charge < -0.3 is 4.42 Å². The predicted octanol–water partition coefficient (Wildman–Crippen LogP) is 4.67. The number of thiophene rings is 1. The Hall–Kier alpha value is -2.24. The fourth-order valence-corrected chi connectivity index (χ4v) is 3.51. The number of halogens is 1. The minimum absolute atomic E-state index is 0.431. The molecule has 3 heterocycles. The smallest absolute Gasteiger partial charge is 0.259 e. The summed E-state index contributed by atoms with van der Waals surface area (Å²) in [6.45, 7) is 0. The zero-order valence-electron chi connectivity index (χ0n) is 10.7. The maximum atomic E-state index is 6.42. The molecule has 102 valence electrons. The minimum atomic E-state index is 0.431. The standard InChI is InChI=1S/C15H8ClN3OS/c16-12-10-5-1-2-6-11(10)21-13(12)15-19-18-14(20-15)9-4-3-7-17-8-9/h1-8H. The van der Waals surface area contributed by atoms with Gasteiger partial charge in [-0.15, -0.1) is 21.5 Å². The molecule has 0 aliphatic carbocycles. The molecule has 0 N–H and O–H groups in total. The highest BCUT2D eigenvalue weighted by Gasteiger charge is 2.18. The average Bonchev–Trinajstić information content (AvgIpc) is 3.14. The molecule has 4 rings (SSSR count). The molecule has 0 aliphatic rings. The SMILES string of the molecule is Clc1c(-c2nnc(-c3cccnc3)o2)sc2ccccc12. The summed E-state index contributed by atoms with van der Waals surface area (Å²) in [4.78, 5) is 4.84. The van der Waals surface area contributed by atoms with Crippen molar-refractivity contribution < 1.29 is 4.42 Å². The summed E-state index contributed by atoms with van der Waals surface area (Å²) in [5.74, 6) is 0.867. The normalized spacial score (nSPS) is 11.1. The van der Waals surface area contributed by atoms with Gasteiger partial charge in [-0.2, -0.15) is 0 Å². The van der Waals surface area contributed by atoms with Gasteiger partial charge in [0.05, 0.1) is 10.6 Å². The van der Waals surface area contributed by atoms with Crippen molar-refractivity contribution >= 4 is 33.0 Å². The molecule has 3 aromatic heterocycles. The van der Waals surface area contributed by atoms with Crippen LogP contribution in [0.2, 0.25) is 5.02 Å². The fourth-order valence-electron chi connectivity index (χ4n) is 2.07. The van der Waals surface area contributed by atoms with Crippen LogP contribution in [0.1, 0.15) is 0 Å².